The van der Waals surface area contributed by atoms with Gasteiger partial charge in [0.05, 0.1) is 11.0 Å². The van der Waals surface area contributed by atoms with Gasteiger partial charge in [0, 0.05) is 13.1 Å². The minimum absolute atomic E-state index is 0.0770. The van der Waals surface area contributed by atoms with Gasteiger partial charge in [0.2, 0.25) is 0 Å². The van der Waals surface area contributed by atoms with E-state index < -0.39 is 23.1 Å². The minimum atomic E-state index is -0.961. The Balaban J connectivity index is 2.27. The number of nitrogens with zero attached hydrogens (tertiary/aromatic N) is 1. The van der Waals surface area contributed by atoms with Crippen LogP contribution in [-0.4, -0.2) is 40.1 Å². The summed E-state index contributed by atoms with van der Waals surface area (Å²) in [6.07, 6.45) is 1.50. The van der Waals surface area contributed by atoms with Crippen LogP contribution in [0.15, 0.2) is 18.2 Å². The maximum Gasteiger partial charge on any atom is 0.311 e. The number of aromatic hydroxyl groups is 1. The Morgan fingerprint density at radius 3 is 2.76 bits per heavy atom. The second-order valence-corrected chi connectivity index (χ2v) is 5.43. The third-order valence-corrected chi connectivity index (χ3v) is 4.18. The van der Waals surface area contributed by atoms with E-state index in [4.69, 9.17) is 0 Å². The number of carboxylic acids is 1. The van der Waals surface area contributed by atoms with Gasteiger partial charge in [-0.1, -0.05) is 6.92 Å². The van der Waals surface area contributed by atoms with E-state index in [2.05, 4.69) is 0 Å². The topological polar surface area (TPSA) is 77.8 Å². The van der Waals surface area contributed by atoms with Gasteiger partial charge in [-0.2, -0.15) is 0 Å². The number of carboxylic acid groups (broad SMARTS) is 1. The number of hydrogen-bond acceptors (Lipinski definition) is 3. The normalized spacial score (nSPS) is 22.1. The summed E-state index contributed by atoms with van der Waals surface area (Å²) in [4.78, 5) is 25.3. The van der Waals surface area contributed by atoms with Gasteiger partial charge in [0.1, 0.15) is 11.6 Å². The highest BCUT2D eigenvalue weighted by atomic mass is 19.1. The Morgan fingerprint density at radius 1 is 1.43 bits per heavy atom. The number of likely N-dealkylation sites (tertiary alicyclic amines) is 1. The Morgan fingerprint density at radius 2 is 2.14 bits per heavy atom. The molecule has 1 aliphatic heterocycles. The van der Waals surface area contributed by atoms with Gasteiger partial charge in [-0.05, 0) is 37.5 Å². The number of aliphatic carboxylic acids is 1. The zero-order valence-electron chi connectivity index (χ0n) is 11.8. The van der Waals surface area contributed by atoms with Crippen molar-refractivity contribution in [1.82, 2.24) is 4.90 Å². The van der Waals surface area contributed by atoms with Gasteiger partial charge in [-0.3, -0.25) is 9.59 Å². The number of carbonyl (C=O) groups excluding carboxylic acids is 1. The van der Waals surface area contributed by atoms with Crippen molar-refractivity contribution < 1.29 is 24.2 Å². The SMILES string of the molecule is CCC1(C(=O)O)CCCN(C(=O)c2cc(F)ccc2O)C1. The number of piperidine rings is 1. The number of phenolic OH excluding ortho intramolecular Hbond substituents is 1. The monoisotopic (exact) mass is 295 g/mol. The van der Waals surface area contributed by atoms with E-state index in [0.717, 1.165) is 18.2 Å². The Bertz CT molecular complexity index is 575. The lowest BCUT2D eigenvalue weighted by Crippen LogP contribution is -2.49. The summed E-state index contributed by atoms with van der Waals surface area (Å²) in [5.74, 6) is -2.38. The van der Waals surface area contributed by atoms with E-state index in [0.29, 0.717) is 25.8 Å². The van der Waals surface area contributed by atoms with Crippen LogP contribution in [0.2, 0.25) is 0 Å². The van der Waals surface area contributed by atoms with Gasteiger partial charge in [-0.15, -0.1) is 0 Å². The van der Waals surface area contributed by atoms with Gasteiger partial charge in [-0.25, -0.2) is 4.39 Å². The first kappa shape index (κ1) is 15.3. The third kappa shape index (κ3) is 2.84. The summed E-state index contributed by atoms with van der Waals surface area (Å²) in [5, 5.41) is 19.1. The number of hydrogen-bond donors (Lipinski definition) is 2. The smallest absolute Gasteiger partial charge is 0.311 e. The average Bonchev–Trinajstić information content (AvgIpc) is 2.48. The third-order valence-electron chi connectivity index (χ3n) is 4.18. The quantitative estimate of drug-likeness (QED) is 0.896. The molecule has 0 spiro atoms. The number of amides is 1. The Labute approximate surface area is 122 Å². The van der Waals surface area contributed by atoms with Crippen LogP contribution in [0.25, 0.3) is 0 Å². The molecule has 21 heavy (non-hydrogen) atoms. The summed E-state index contributed by atoms with van der Waals surface area (Å²) in [7, 11) is 0. The van der Waals surface area contributed by atoms with Crippen molar-refractivity contribution in [2.24, 2.45) is 5.41 Å². The lowest BCUT2D eigenvalue weighted by atomic mass is 9.77. The fourth-order valence-electron chi connectivity index (χ4n) is 2.77. The Hall–Kier alpha value is -2.11. The molecule has 2 rings (SSSR count). The largest absolute Gasteiger partial charge is 0.507 e. The predicted molar refractivity (Wildman–Crippen MR) is 73.6 cm³/mol. The second-order valence-electron chi connectivity index (χ2n) is 5.43. The Kier molecular flexibility index (Phi) is 4.16. The minimum Gasteiger partial charge on any atom is -0.507 e. The first-order chi connectivity index (χ1) is 9.89. The number of benzene rings is 1. The van der Waals surface area contributed by atoms with Crippen LogP contribution in [0.5, 0.6) is 5.75 Å². The van der Waals surface area contributed by atoms with E-state index in [-0.39, 0.29) is 17.9 Å². The summed E-state index contributed by atoms with van der Waals surface area (Å²) < 4.78 is 13.2. The van der Waals surface area contributed by atoms with Gasteiger partial charge >= 0.3 is 5.97 Å². The van der Waals surface area contributed by atoms with Crippen molar-refractivity contribution >= 4 is 11.9 Å². The van der Waals surface area contributed by atoms with Crippen LogP contribution in [-0.2, 0) is 4.79 Å². The van der Waals surface area contributed by atoms with E-state index in [9.17, 15) is 24.2 Å². The molecular formula is C15H18FNO4. The molecule has 1 atom stereocenters. The molecule has 1 saturated heterocycles. The van der Waals surface area contributed by atoms with Crippen molar-refractivity contribution in [1.29, 1.82) is 0 Å². The average molecular weight is 295 g/mol. The van der Waals surface area contributed by atoms with Crippen molar-refractivity contribution in [2.75, 3.05) is 13.1 Å². The number of phenols is 1. The molecular weight excluding hydrogens is 277 g/mol. The summed E-state index contributed by atoms with van der Waals surface area (Å²) in [5.41, 5.74) is -1.09. The van der Waals surface area contributed by atoms with Crippen LogP contribution in [0.3, 0.4) is 0 Å². The lowest BCUT2D eigenvalue weighted by molar-refractivity contribution is -0.152. The molecule has 1 aromatic rings. The zero-order chi connectivity index (χ0) is 15.6. The molecule has 5 nitrogen and oxygen atoms in total. The fraction of sp³-hybridized carbons (Fsp3) is 0.467. The van der Waals surface area contributed by atoms with Crippen LogP contribution in [0.4, 0.5) is 4.39 Å². The van der Waals surface area contributed by atoms with Crippen LogP contribution < -0.4 is 0 Å². The summed E-state index contributed by atoms with van der Waals surface area (Å²) in [6, 6.07) is 3.16. The van der Waals surface area contributed by atoms with Crippen LogP contribution in [0, 0.1) is 11.2 Å². The van der Waals surface area contributed by atoms with Gasteiger partial charge in [0.25, 0.3) is 5.91 Å². The highest BCUT2D eigenvalue weighted by molar-refractivity contribution is 5.97. The number of rotatable bonds is 3. The predicted octanol–water partition coefficient (Wildman–Crippen LogP) is 2.25. The lowest BCUT2D eigenvalue weighted by Gasteiger charge is -2.39. The first-order valence-corrected chi connectivity index (χ1v) is 6.91. The number of halogens is 1. The molecule has 1 unspecified atom stereocenters. The molecule has 1 amide bonds. The van der Waals surface area contributed by atoms with Gasteiger partial charge in [0.15, 0.2) is 0 Å². The summed E-state index contributed by atoms with van der Waals surface area (Å²) >= 11 is 0. The van der Waals surface area contributed by atoms with Crippen LogP contribution >= 0.6 is 0 Å². The van der Waals surface area contributed by atoms with E-state index in [1.807, 2.05) is 0 Å². The van der Waals surface area contributed by atoms with E-state index in [1.165, 1.54) is 4.90 Å². The zero-order valence-corrected chi connectivity index (χ0v) is 11.8. The molecule has 0 saturated carbocycles. The van der Waals surface area contributed by atoms with Gasteiger partial charge < -0.3 is 15.1 Å². The molecule has 1 aromatic carbocycles. The van der Waals surface area contributed by atoms with Crippen molar-refractivity contribution in [3.63, 3.8) is 0 Å². The van der Waals surface area contributed by atoms with Crippen LogP contribution in [0.1, 0.15) is 36.5 Å². The molecule has 114 valence electrons. The molecule has 1 heterocycles. The highest BCUT2D eigenvalue weighted by Crippen LogP contribution is 2.35. The highest BCUT2D eigenvalue weighted by Gasteiger charge is 2.42. The first-order valence-electron chi connectivity index (χ1n) is 6.91. The molecule has 1 aliphatic rings. The molecule has 1 fully saturated rings. The maximum absolute atomic E-state index is 13.2. The number of carbonyl (C=O) groups is 2. The standard InChI is InChI=1S/C15H18FNO4/c1-2-15(14(20)21)6-3-7-17(9-15)13(19)11-8-10(16)4-5-12(11)18/h4-5,8,18H,2-3,6-7,9H2,1H3,(H,20,21). The van der Waals surface area contributed by atoms with Crippen molar-refractivity contribution in [3.05, 3.63) is 29.6 Å². The maximum atomic E-state index is 13.2. The molecule has 0 aliphatic carbocycles. The molecule has 0 bridgehead atoms. The van der Waals surface area contributed by atoms with E-state index >= 15 is 0 Å². The fourth-order valence-corrected chi connectivity index (χ4v) is 2.77. The second kappa shape index (κ2) is 5.71. The van der Waals surface area contributed by atoms with E-state index in [1.54, 1.807) is 6.92 Å². The molecule has 0 radical (unpaired) electrons. The molecule has 6 heteroatoms. The molecule has 0 aromatic heterocycles. The van der Waals surface area contributed by atoms with Crippen molar-refractivity contribution in [2.45, 2.75) is 26.2 Å². The van der Waals surface area contributed by atoms with Crippen molar-refractivity contribution in [3.8, 4) is 5.75 Å². The molecule has 2 N–H and O–H groups in total. The summed E-state index contributed by atoms with van der Waals surface area (Å²) in [6.45, 7) is 2.26.